The van der Waals surface area contributed by atoms with Crippen LogP contribution in [0.15, 0.2) is 59.5 Å². The predicted molar refractivity (Wildman–Crippen MR) is 145 cm³/mol. The van der Waals surface area contributed by atoms with Gasteiger partial charge in [0.25, 0.3) is 0 Å². The maximum Gasteiger partial charge on any atom is 0.343 e. The smallest absolute Gasteiger partial charge is 0.343 e. The van der Waals surface area contributed by atoms with Gasteiger partial charge in [-0.1, -0.05) is 36.4 Å². The summed E-state index contributed by atoms with van der Waals surface area (Å²) in [4.78, 5) is 30.3. The third-order valence-corrected chi connectivity index (χ3v) is 7.83. The van der Waals surface area contributed by atoms with Crippen molar-refractivity contribution in [3.63, 3.8) is 0 Å². The molecule has 2 aromatic carbocycles. The van der Waals surface area contributed by atoms with Gasteiger partial charge in [-0.2, -0.15) is 0 Å². The molecule has 1 aliphatic rings. The predicted octanol–water partition coefficient (Wildman–Crippen LogP) is 6.25. The van der Waals surface area contributed by atoms with Crippen LogP contribution in [-0.2, 0) is 17.8 Å². The first-order valence-electron chi connectivity index (χ1n) is 12.0. The highest BCUT2D eigenvalue weighted by Gasteiger charge is 2.26. The molecule has 4 aromatic rings. The van der Waals surface area contributed by atoms with E-state index in [1.807, 2.05) is 30.3 Å². The number of benzene rings is 2. The number of halogens is 3. The molecule has 0 unspecified atom stereocenters. The van der Waals surface area contributed by atoms with Crippen molar-refractivity contribution in [3.8, 4) is 10.4 Å². The lowest BCUT2D eigenvalue weighted by Crippen LogP contribution is -2.23. The average Bonchev–Trinajstić information content (AvgIpc) is 3.52. The zero-order chi connectivity index (χ0) is 25.2. The quantitative estimate of drug-likeness (QED) is 0.258. The Bertz CT molecular complexity index is 1460. The van der Waals surface area contributed by atoms with Crippen LogP contribution in [-0.4, -0.2) is 35.1 Å². The van der Waals surface area contributed by atoms with E-state index in [1.54, 1.807) is 11.5 Å². The number of thiophene rings is 1. The fraction of sp³-hybridized carbons (Fsp3) is 0.286. The minimum absolute atomic E-state index is 0. The van der Waals surface area contributed by atoms with E-state index < -0.39 is 23.0 Å². The molecule has 1 saturated heterocycles. The van der Waals surface area contributed by atoms with Crippen LogP contribution >= 0.6 is 23.7 Å². The second-order valence-electron chi connectivity index (χ2n) is 8.86. The van der Waals surface area contributed by atoms with E-state index in [0.29, 0.717) is 16.8 Å². The summed E-state index contributed by atoms with van der Waals surface area (Å²) in [7, 11) is 0. The van der Waals surface area contributed by atoms with Crippen molar-refractivity contribution >= 4 is 39.9 Å². The number of carbonyl (C=O) groups is 1. The minimum Gasteiger partial charge on any atom is -0.462 e. The first kappa shape index (κ1) is 27.0. The molecule has 194 valence electrons. The van der Waals surface area contributed by atoms with E-state index in [0.717, 1.165) is 41.9 Å². The van der Waals surface area contributed by atoms with Gasteiger partial charge in [0, 0.05) is 23.2 Å². The highest BCUT2D eigenvalue weighted by molar-refractivity contribution is 7.22. The Morgan fingerprint density at radius 2 is 1.65 bits per heavy atom. The van der Waals surface area contributed by atoms with Crippen molar-refractivity contribution in [1.82, 2.24) is 9.47 Å². The molecule has 0 atom stereocenters. The van der Waals surface area contributed by atoms with Crippen LogP contribution in [0.2, 0.25) is 0 Å². The van der Waals surface area contributed by atoms with E-state index in [4.69, 9.17) is 4.74 Å². The van der Waals surface area contributed by atoms with Gasteiger partial charge in [0.15, 0.2) is 0 Å². The number of carbonyl (C=O) groups excluding carboxylic acids is 1. The summed E-state index contributed by atoms with van der Waals surface area (Å²) < 4.78 is 36.0. The molecule has 3 heterocycles. The zero-order valence-corrected chi connectivity index (χ0v) is 22.0. The summed E-state index contributed by atoms with van der Waals surface area (Å²) in [6, 6.07) is 13.5. The van der Waals surface area contributed by atoms with Crippen molar-refractivity contribution in [2.75, 3.05) is 19.7 Å². The Kier molecular flexibility index (Phi) is 8.42. The number of pyridine rings is 1. The Morgan fingerprint density at radius 1 is 0.973 bits per heavy atom. The molecular weight excluding hydrogens is 518 g/mol. The van der Waals surface area contributed by atoms with Gasteiger partial charge in [0.2, 0.25) is 5.43 Å². The van der Waals surface area contributed by atoms with Crippen LogP contribution in [0.1, 0.15) is 41.3 Å². The molecule has 0 bridgehead atoms. The Morgan fingerprint density at radius 3 is 2.30 bits per heavy atom. The van der Waals surface area contributed by atoms with Gasteiger partial charge in [-0.15, -0.1) is 23.7 Å². The SMILES string of the molecule is CCOC(=O)c1cn(Cc2c(F)cccc2F)c2sc(-c3ccccc3)c(CN3CCCC3)c2c1=O.Cl. The minimum atomic E-state index is -0.744. The van der Waals surface area contributed by atoms with E-state index >= 15 is 0 Å². The van der Waals surface area contributed by atoms with Crippen LogP contribution in [0.25, 0.3) is 20.7 Å². The number of hydrogen-bond acceptors (Lipinski definition) is 5. The number of aromatic nitrogens is 1. The van der Waals surface area contributed by atoms with Crippen molar-refractivity contribution in [2.45, 2.75) is 32.9 Å². The summed E-state index contributed by atoms with van der Waals surface area (Å²) in [5, 5.41) is 0.410. The highest BCUT2D eigenvalue weighted by atomic mass is 35.5. The van der Waals surface area contributed by atoms with Crippen LogP contribution in [0.5, 0.6) is 0 Å². The van der Waals surface area contributed by atoms with Gasteiger partial charge in [0.05, 0.1) is 18.5 Å². The molecule has 9 heteroatoms. The number of fused-ring (bicyclic) bond motifs is 1. The van der Waals surface area contributed by atoms with Crippen molar-refractivity contribution in [3.05, 3.63) is 93.3 Å². The van der Waals surface area contributed by atoms with Gasteiger partial charge in [-0.05, 0) is 56.1 Å². The molecule has 0 spiro atoms. The number of likely N-dealkylation sites (tertiary alicyclic amines) is 1. The number of nitrogens with zero attached hydrogens (tertiary/aromatic N) is 2. The maximum absolute atomic E-state index is 14.6. The fourth-order valence-electron chi connectivity index (χ4n) is 4.76. The van der Waals surface area contributed by atoms with Gasteiger partial charge < -0.3 is 9.30 Å². The summed E-state index contributed by atoms with van der Waals surface area (Å²) >= 11 is 1.41. The van der Waals surface area contributed by atoms with E-state index in [9.17, 15) is 18.4 Å². The van der Waals surface area contributed by atoms with Crippen LogP contribution in [0.4, 0.5) is 8.78 Å². The fourth-order valence-corrected chi connectivity index (χ4v) is 6.05. The zero-order valence-electron chi connectivity index (χ0n) is 20.3. The third-order valence-electron chi connectivity index (χ3n) is 6.51. The second-order valence-corrected chi connectivity index (χ2v) is 9.86. The van der Waals surface area contributed by atoms with Crippen molar-refractivity contribution in [2.24, 2.45) is 0 Å². The molecule has 37 heavy (non-hydrogen) atoms. The first-order chi connectivity index (χ1) is 17.5. The summed E-state index contributed by atoms with van der Waals surface area (Å²) in [5.74, 6) is -2.11. The Balaban J connectivity index is 0.00000320. The third kappa shape index (κ3) is 5.32. The largest absolute Gasteiger partial charge is 0.462 e. The lowest BCUT2D eigenvalue weighted by atomic mass is 10.0. The van der Waals surface area contributed by atoms with E-state index in [2.05, 4.69) is 4.90 Å². The lowest BCUT2D eigenvalue weighted by Gasteiger charge is -2.16. The number of esters is 1. The molecule has 0 aliphatic carbocycles. The molecule has 1 aliphatic heterocycles. The van der Waals surface area contributed by atoms with Gasteiger partial charge in [-0.3, -0.25) is 9.69 Å². The molecule has 0 amide bonds. The number of rotatable bonds is 7. The highest BCUT2D eigenvalue weighted by Crippen LogP contribution is 2.39. The van der Waals surface area contributed by atoms with Crippen LogP contribution < -0.4 is 5.43 Å². The first-order valence-corrected chi connectivity index (χ1v) is 12.9. The second kappa shape index (κ2) is 11.5. The summed E-state index contributed by atoms with van der Waals surface area (Å²) in [6.07, 6.45) is 3.56. The molecule has 5 nitrogen and oxygen atoms in total. The molecule has 5 rings (SSSR count). The van der Waals surface area contributed by atoms with Gasteiger partial charge >= 0.3 is 5.97 Å². The van der Waals surface area contributed by atoms with Crippen molar-refractivity contribution in [1.29, 1.82) is 0 Å². The number of hydrogen-bond donors (Lipinski definition) is 0. The monoisotopic (exact) mass is 544 g/mol. The Labute approximate surface area is 223 Å². The summed E-state index contributed by atoms with van der Waals surface area (Å²) in [5.41, 5.74) is 1.10. The van der Waals surface area contributed by atoms with Crippen LogP contribution in [0.3, 0.4) is 0 Å². The van der Waals surface area contributed by atoms with Gasteiger partial charge in [0.1, 0.15) is 22.0 Å². The van der Waals surface area contributed by atoms with Gasteiger partial charge in [-0.25, -0.2) is 13.6 Å². The maximum atomic E-state index is 14.6. The topological polar surface area (TPSA) is 51.5 Å². The normalized spacial score (nSPS) is 13.6. The van der Waals surface area contributed by atoms with Crippen LogP contribution in [0, 0.1) is 11.6 Å². The standard InChI is InChI=1S/C28H26F2N2O3S.ClH/c1-2-35-28(34)21-17-32(16-19-22(29)11-8-12-23(19)30)27-24(25(21)33)20(15-31-13-6-7-14-31)26(36-27)18-9-4-3-5-10-18;/h3-5,8-12,17H,2,6-7,13-16H2,1H3;1H. The molecule has 0 N–H and O–H groups in total. The molecule has 1 fully saturated rings. The molecular formula is C28H27ClF2N2O3S. The summed E-state index contributed by atoms with van der Waals surface area (Å²) in [6.45, 7) is 4.02. The van der Waals surface area contributed by atoms with Crippen molar-refractivity contribution < 1.29 is 18.3 Å². The molecule has 0 saturated carbocycles. The van der Waals surface area contributed by atoms with E-state index in [-0.39, 0.29) is 36.7 Å². The average molecular weight is 545 g/mol. The number of ether oxygens (including phenoxy) is 1. The molecule has 0 radical (unpaired) electrons. The molecule has 2 aromatic heterocycles. The van der Waals surface area contributed by atoms with E-state index in [1.165, 1.54) is 35.7 Å². The lowest BCUT2D eigenvalue weighted by molar-refractivity contribution is 0.0524. The Hall–Kier alpha value is -3.07.